The predicted molar refractivity (Wildman–Crippen MR) is 105 cm³/mol. The van der Waals surface area contributed by atoms with Crippen molar-refractivity contribution < 1.29 is 14.2 Å². The summed E-state index contributed by atoms with van der Waals surface area (Å²) < 4.78 is 16.0. The number of hydrogen-bond donors (Lipinski definition) is 2. The molecule has 29 heavy (non-hydrogen) atoms. The Morgan fingerprint density at radius 3 is 2.90 bits per heavy atom. The first-order chi connectivity index (χ1) is 14.2. The number of aromatic nitrogens is 2. The van der Waals surface area contributed by atoms with Crippen LogP contribution >= 0.6 is 0 Å². The average Bonchev–Trinajstić information content (AvgIpc) is 3.22. The zero-order chi connectivity index (χ0) is 20.2. The van der Waals surface area contributed by atoms with Gasteiger partial charge in [0.05, 0.1) is 19.0 Å². The van der Waals surface area contributed by atoms with E-state index in [-0.39, 0.29) is 24.0 Å². The second kappa shape index (κ2) is 7.74. The largest absolute Gasteiger partial charge is 0.493 e. The van der Waals surface area contributed by atoms with Crippen LogP contribution < -0.4 is 25.2 Å². The number of anilines is 1. The van der Waals surface area contributed by atoms with E-state index in [9.17, 15) is 10.1 Å². The van der Waals surface area contributed by atoms with Crippen LogP contribution in [0.5, 0.6) is 17.2 Å². The first-order valence-corrected chi connectivity index (χ1v) is 8.56. The van der Waals surface area contributed by atoms with E-state index < -0.39 is 5.56 Å². The third kappa shape index (κ3) is 3.59. The molecule has 1 aliphatic heterocycles. The SMILES string of the molecule is COc1cc(C=NNc2nc(-c3ccccc3)c(C#N)c(=O)[nH]2)cc2c1OCO2. The number of nitriles is 1. The van der Waals surface area contributed by atoms with Crippen LogP contribution in [0.4, 0.5) is 5.95 Å². The topological polar surface area (TPSA) is 122 Å². The number of nitrogens with one attached hydrogen (secondary N) is 2. The van der Waals surface area contributed by atoms with Gasteiger partial charge in [-0.3, -0.25) is 9.78 Å². The zero-order valence-corrected chi connectivity index (χ0v) is 15.3. The highest BCUT2D eigenvalue weighted by Crippen LogP contribution is 2.41. The molecule has 144 valence electrons. The van der Waals surface area contributed by atoms with Crippen molar-refractivity contribution in [2.24, 2.45) is 5.10 Å². The van der Waals surface area contributed by atoms with Crippen LogP contribution in [0, 0.1) is 11.3 Å². The van der Waals surface area contributed by atoms with Crippen molar-refractivity contribution in [2.45, 2.75) is 0 Å². The molecule has 2 N–H and O–H groups in total. The molecule has 2 aromatic carbocycles. The van der Waals surface area contributed by atoms with Gasteiger partial charge in [-0.25, -0.2) is 10.4 Å². The first kappa shape index (κ1) is 18.1. The molecule has 1 aliphatic rings. The molecule has 0 spiro atoms. The lowest BCUT2D eigenvalue weighted by atomic mass is 10.1. The minimum atomic E-state index is -0.552. The third-order valence-electron chi connectivity index (χ3n) is 4.14. The maximum atomic E-state index is 12.3. The molecule has 9 nitrogen and oxygen atoms in total. The number of H-pyrrole nitrogens is 1. The van der Waals surface area contributed by atoms with Crippen molar-refractivity contribution in [3.05, 3.63) is 63.9 Å². The molecule has 4 rings (SSSR count). The van der Waals surface area contributed by atoms with Crippen LogP contribution in [0.1, 0.15) is 11.1 Å². The Balaban J connectivity index is 1.62. The van der Waals surface area contributed by atoms with Crippen molar-refractivity contribution in [1.29, 1.82) is 5.26 Å². The fourth-order valence-corrected chi connectivity index (χ4v) is 2.83. The molecule has 0 bridgehead atoms. The van der Waals surface area contributed by atoms with Gasteiger partial charge in [-0.05, 0) is 12.1 Å². The molecule has 9 heteroatoms. The van der Waals surface area contributed by atoms with E-state index in [1.165, 1.54) is 13.3 Å². The Labute approximate surface area is 165 Å². The number of nitrogens with zero attached hydrogens (tertiary/aromatic N) is 3. The Morgan fingerprint density at radius 1 is 1.31 bits per heavy atom. The van der Waals surface area contributed by atoms with Crippen molar-refractivity contribution in [3.8, 4) is 34.6 Å². The number of rotatable bonds is 5. The number of hydrogen-bond acceptors (Lipinski definition) is 8. The minimum Gasteiger partial charge on any atom is -0.493 e. The van der Waals surface area contributed by atoms with E-state index in [1.807, 2.05) is 12.1 Å². The van der Waals surface area contributed by atoms with Gasteiger partial charge in [0.2, 0.25) is 18.5 Å². The smallest absolute Gasteiger partial charge is 0.270 e. The summed E-state index contributed by atoms with van der Waals surface area (Å²) in [6, 6.07) is 14.4. The molecule has 3 aromatic rings. The molecule has 0 aliphatic carbocycles. The molecular weight excluding hydrogens is 374 g/mol. The van der Waals surface area contributed by atoms with Crippen molar-refractivity contribution in [2.75, 3.05) is 19.3 Å². The van der Waals surface area contributed by atoms with Crippen molar-refractivity contribution in [1.82, 2.24) is 9.97 Å². The van der Waals surface area contributed by atoms with E-state index in [2.05, 4.69) is 20.5 Å². The van der Waals surface area contributed by atoms with Crippen molar-refractivity contribution >= 4 is 12.2 Å². The number of aromatic amines is 1. The third-order valence-corrected chi connectivity index (χ3v) is 4.14. The summed E-state index contributed by atoms with van der Waals surface area (Å²) in [6.07, 6.45) is 1.52. The average molecular weight is 389 g/mol. The molecule has 0 amide bonds. The highest BCUT2D eigenvalue weighted by molar-refractivity contribution is 5.83. The van der Waals surface area contributed by atoms with Crippen LogP contribution in [0.3, 0.4) is 0 Å². The molecule has 0 atom stereocenters. The van der Waals surface area contributed by atoms with Crippen LogP contribution in [0.2, 0.25) is 0 Å². The van der Waals surface area contributed by atoms with Gasteiger partial charge in [-0.15, -0.1) is 0 Å². The molecular formula is C20H15N5O4. The number of methoxy groups -OCH3 is 1. The highest BCUT2D eigenvalue weighted by Gasteiger charge is 2.19. The van der Waals surface area contributed by atoms with Crippen LogP contribution in [-0.2, 0) is 0 Å². The van der Waals surface area contributed by atoms with Crippen LogP contribution in [0.25, 0.3) is 11.3 Å². The summed E-state index contributed by atoms with van der Waals surface area (Å²) in [5.74, 6) is 1.74. The molecule has 0 saturated heterocycles. The molecule has 1 aromatic heterocycles. The lowest BCUT2D eigenvalue weighted by Crippen LogP contribution is -2.16. The number of ether oxygens (including phenoxy) is 3. The second-order valence-electron chi connectivity index (χ2n) is 5.94. The van der Waals surface area contributed by atoms with E-state index in [0.717, 1.165) is 0 Å². The Hall–Kier alpha value is -4.32. The summed E-state index contributed by atoms with van der Waals surface area (Å²) >= 11 is 0. The maximum Gasteiger partial charge on any atom is 0.270 e. The van der Waals surface area contributed by atoms with Gasteiger partial charge in [0.25, 0.3) is 5.56 Å². The maximum absolute atomic E-state index is 12.3. The standard InChI is InChI=1S/C20H15N5O4/c1-27-15-7-12(8-16-18(15)29-11-28-16)10-22-25-20-23-17(13-5-3-2-4-6-13)14(9-21)19(26)24-20/h2-8,10H,11H2,1H3,(H2,23,24,25,26). The first-order valence-electron chi connectivity index (χ1n) is 8.56. The second-order valence-corrected chi connectivity index (χ2v) is 5.94. The predicted octanol–water partition coefficient (Wildman–Crippen LogP) is 2.49. The van der Waals surface area contributed by atoms with E-state index >= 15 is 0 Å². The molecule has 0 saturated carbocycles. The van der Waals surface area contributed by atoms with E-state index in [4.69, 9.17) is 14.2 Å². The van der Waals surface area contributed by atoms with Crippen LogP contribution in [0.15, 0.2) is 52.4 Å². The van der Waals surface area contributed by atoms with Gasteiger partial charge in [-0.2, -0.15) is 10.4 Å². The molecule has 0 fully saturated rings. The summed E-state index contributed by atoms with van der Waals surface area (Å²) in [5.41, 5.74) is 3.69. The molecule has 0 radical (unpaired) electrons. The van der Waals surface area contributed by atoms with Gasteiger partial charge in [-0.1, -0.05) is 30.3 Å². The monoisotopic (exact) mass is 389 g/mol. The van der Waals surface area contributed by atoms with E-state index in [0.29, 0.717) is 28.4 Å². The summed E-state index contributed by atoms with van der Waals surface area (Å²) in [5, 5.41) is 13.4. The van der Waals surface area contributed by atoms with Gasteiger partial charge in [0, 0.05) is 11.1 Å². The Kier molecular flexibility index (Phi) is 4.82. The van der Waals surface area contributed by atoms with Gasteiger partial charge in [0.1, 0.15) is 11.6 Å². The normalized spacial score (nSPS) is 12.0. The summed E-state index contributed by atoms with van der Waals surface area (Å²) in [7, 11) is 1.53. The van der Waals surface area contributed by atoms with Crippen LogP contribution in [-0.4, -0.2) is 30.1 Å². The minimum absolute atomic E-state index is 0.0637. The zero-order valence-electron chi connectivity index (χ0n) is 15.3. The summed E-state index contributed by atoms with van der Waals surface area (Å²) in [6.45, 7) is 0.128. The number of benzene rings is 2. The van der Waals surface area contributed by atoms with Crippen molar-refractivity contribution in [3.63, 3.8) is 0 Å². The van der Waals surface area contributed by atoms with E-state index in [1.54, 1.807) is 36.4 Å². The lowest BCUT2D eigenvalue weighted by Gasteiger charge is -2.07. The van der Waals surface area contributed by atoms with Gasteiger partial charge < -0.3 is 14.2 Å². The Bertz CT molecular complexity index is 1180. The van der Waals surface area contributed by atoms with Gasteiger partial charge in [0.15, 0.2) is 11.5 Å². The lowest BCUT2D eigenvalue weighted by molar-refractivity contribution is 0.171. The fraction of sp³-hybridized carbons (Fsp3) is 0.100. The molecule has 2 heterocycles. The number of hydrazone groups is 1. The summed E-state index contributed by atoms with van der Waals surface area (Å²) in [4.78, 5) is 19.1. The fourth-order valence-electron chi connectivity index (χ4n) is 2.83. The molecule has 0 unspecified atom stereocenters. The quantitative estimate of drug-likeness (QED) is 0.508. The van der Waals surface area contributed by atoms with Gasteiger partial charge >= 0.3 is 0 Å². The Morgan fingerprint density at radius 2 is 2.14 bits per heavy atom. The highest BCUT2D eigenvalue weighted by atomic mass is 16.7. The number of fused-ring (bicyclic) bond motifs is 1.